The number of benzene rings is 6. The number of aromatic nitrogens is 5. The fourth-order valence-electron chi connectivity index (χ4n) is 6.97. The van der Waals surface area contributed by atoms with Crippen LogP contribution in [0.2, 0.25) is 0 Å². The highest BCUT2D eigenvalue weighted by Gasteiger charge is 2.24. The molecule has 6 heteroatoms. The van der Waals surface area contributed by atoms with Crippen molar-refractivity contribution < 1.29 is 4.42 Å². The van der Waals surface area contributed by atoms with Gasteiger partial charge in [-0.05, 0) is 47.2 Å². The third-order valence-electron chi connectivity index (χ3n) is 9.14. The second-order valence-electron chi connectivity index (χ2n) is 11.9. The Bertz CT molecular complexity index is 2800. The molecule has 6 nitrogen and oxygen atoms in total. The highest BCUT2D eigenvalue weighted by Crippen LogP contribution is 2.42. The van der Waals surface area contributed by atoms with Crippen molar-refractivity contribution in [1.29, 1.82) is 0 Å². The Kier molecular flexibility index (Phi) is 5.77. The van der Waals surface area contributed by atoms with Crippen LogP contribution in [0.3, 0.4) is 0 Å². The van der Waals surface area contributed by atoms with Gasteiger partial charge in [-0.25, -0.2) is 15.0 Å². The van der Waals surface area contributed by atoms with Crippen molar-refractivity contribution in [2.24, 2.45) is 0 Å². The molecule has 224 valence electrons. The van der Waals surface area contributed by atoms with Gasteiger partial charge in [0.05, 0.1) is 28.5 Å². The zero-order valence-corrected chi connectivity index (χ0v) is 25.6. The molecule has 0 aliphatic carbocycles. The summed E-state index contributed by atoms with van der Waals surface area (Å²) in [6, 6.07) is 48.0. The van der Waals surface area contributed by atoms with Crippen LogP contribution in [0, 0.1) is 0 Å². The first-order valence-electron chi connectivity index (χ1n) is 15.9. The SMILES string of the molecule is c1ccc(-c2nc(-c3ccc4ccccc4c3)nc(-c3c(-n4c5ccccc5c5ccccc54)ccc4oc5cnccc5c34)n2)cc1. The molecule has 4 heterocycles. The summed E-state index contributed by atoms with van der Waals surface area (Å²) in [5, 5.41) is 6.53. The van der Waals surface area contributed by atoms with Crippen molar-refractivity contribution >= 4 is 54.5 Å². The Morgan fingerprint density at radius 2 is 1.15 bits per heavy atom. The summed E-state index contributed by atoms with van der Waals surface area (Å²) in [5.41, 5.74) is 7.30. The minimum atomic E-state index is 0.564. The molecule has 0 spiro atoms. The highest BCUT2D eigenvalue weighted by atomic mass is 16.3. The molecule has 10 rings (SSSR count). The van der Waals surface area contributed by atoms with Gasteiger partial charge in [0.25, 0.3) is 0 Å². The molecule has 6 aromatic carbocycles. The van der Waals surface area contributed by atoms with E-state index in [1.807, 2.05) is 42.5 Å². The van der Waals surface area contributed by atoms with Crippen LogP contribution >= 0.6 is 0 Å². The summed E-state index contributed by atoms with van der Waals surface area (Å²) in [4.78, 5) is 19.9. The molecular formula is C42H25N5O. The first kappa shape index (κ1) is 26.5. The second kappa shape index (κ2) is 10.4. The van der Waals surface area contributed by atoms with Gasteiger partial charge < -0.3 is 8.98 Å². The lowest BCUT2D eigenvalue weighted by molar-refractivity contribution is 0.667. The van der Waals surface area contributed by atoms with Crippen LogP contribution in [0.15, 0.2) is 156 Å². The molecule has 0 radical (unpaired) electrons. The summed E-state index contributed by atoms with van der Waals surface area (Å²) in [5.74, 6) is 1.77. The average molecular weight is 616 g/mol. The fraction of sp³-hybridized carbons (Fsp3) is 0. The van der Waals surface area contributed by atoms with Crippen LogP contribution in [-0.2, 0) is 0 Å². The van der Waals surface area contributed by atoms with E-state index in [4.69, 9.17) is 19.4 Å². The normalized spacial score (nSPS) is 11.8. The van der Waals surface area contributed by atoms with Crippen LogP contribution < -0.4 is 0 Å². The maximum atomic E-state index is 6.40. The molecule has 4 aromatic heterocycles. The molecule has 0 unspecified atom stereocenters. The van der Waals surface area contributed by atoms with Gasteiger partial charge in [0.2, 0.25) is 0 Å². The van der Waals surface area contributed by atoms with Crippen molar-refractivity contribution in [3.63, 3.8) is 0 Å². The smallest absolute Gasteiger partial charge is 0.166 e. The minimum Gasteiger partial charge on any atom is -0.454 e. The van der Waals surface area contributed by atoms with Gasteiger partial charge in [0.15, 0.2) is 23.1 Å². The van der Waals surface area contributed by atoms with E-state index < -0.39 is 0 Å². The lowest BCUT2D eigenvalue weighted by atomic mass is 10.0. The molecule has 0 fully saturated rings. The van der Waals surface area contributed by atoms with Crippen molar-refractivity contribution in [3.8, 4) is 39.9 Å². The Balaban J connectivity index is 1.35. The zero-order valence-electron chi connectivity index (χ0n) is 25.6. The molecule has 0 amide bonds. The standard InChI is InChI=1S/C42H25N5O/c1-2-11-27(12-3-1)40-44-41(29-19-18-26-10-4-5-13-28(26)24-29)46-42(45-40)39-35(20-21-36-38(39)32-22-23-43-25-37(32)48-36)47-33-16-8-6-14-30(33)31-15-7-9-17-34(31)47/h1-25H. The monoisotopic (exact) mass is 615 g/mol. The first-order chi connectivity index (χ1) is 23.8. The maximum absolute atomic E-state index is 6.40. The topological polar surface area (TPSA) is 69.6 Å². The highest BCUT2D eigenvalue weighted by molar-refractivity contribution is 6.15. The molecule has 0 aliphatic heterocycles. The van der Waals surface area contributed by atoms with E-state index >= 15 is 0 Å². The predicted molar refractivity (Wildman–Crippen MR) is 193 cm³/mol. The quantitative estimate of drug-likeness (QED) is 0.197. The zero-order chi connectivity index (χ0) is 31.6. The molecule has 0 N–H and O–H groups in total. The summed E-state index contributed by atoms with van der Waals surface area (Å²) in [6.07, 6.45) is 3.57. The number of nitrogens with zero attached hydrogens (tertiary/aromatic N) is 5. The predicted octanol–water partition coefficient (Wildman–Crippen LogP) is 10.4. The van der Waals surface area contributed by atoms with E-state index in [-0.39, 0.29) is 0 Å². The van der Waals surface area contributed by atoms with Crippen LogP contribution in [-0.4, -0.2) is 24.5 Å². The van der Waals surface area contributed by atoms with Gasteiger partial charge >= 0.3 is 0 Å². The van der Waals surface area contributed by atoms with Gasteiger partial charge in [-0.2, -0.15) is 0 Å². The number of hydrogen-bond acceptors (Lipinski definition) is 5. The van der Waals surface area contributed by atoms with E-state index in [1.54, 1.807) is 12.4 Å². The number of rotatable bonds is 4. The molecular weight excluding hydrogens is 590 g/mol. The molecule has 0 aliphatic rings. The largest absolute Gasteiger partial charge is 0.454 e. The summed E-state index contributed by atoms with van der Waals surface area (Å²) in [6.45, 7) is 0. The van der Waals surface area contributed by atoms with Crippen molar-refractivity contribution in [2.45, 2.75) is 0 Å². The molecule has 0 saturated carbocycles. The maximum Gasteiger partial charge on any atom is 0.166 e. The fourth-order valence-corrected chi connectivity index (χ4v) is 6.97. The number of hydrogen-bond donors (Lipinski definition) is 0. The first-order valence-corrected chi connectivity index (χ1v) is 15.9. The van der Waals surface area contributed by atoms with Gasteiger partial charge in [-0.15, -0.1) is 0 Å². The summed E-state index contributed by atoms with van der Waals surface area (Å²) >= 11 is 0. The molecule has 48 heavy (non-hydrogen) atoms. The van der Waals surface area contributed by atoms with Crippen molar-refractivity contribution in [2.75, 3.05) is 0 Å². The Hall–Kier alpha value is -6.66. The van der Waals surface area contributed by atoms with Crippen LogP contribution in [0.4, 0.5) is 0 Å². The van der Waals surface area contributed by atoms with Gasteiger partial charge in [-0.1, -0.05) is 103 Å². The third kappa shape index (κ3) is 4.06. The second-order valence-corrected chi connectivity index (χ2v) is 11.9. The van der Waals surface area contributed by atoms with E-state index in [9.17, 15) is 0 Å². The third-order valence-corrected chi connectivity index (χ3v) is 9.14. The van der Waals surface area contributed by atoms with Gasteiger partial charge in [0, 0.05) is 38.9 Å². The molecule has 0 atom stereocenters. The van der Waals surface area contributed by atoms with E-state index in [0.29, 0.717) is 23.1 Å². The Labute approximate surface area is 274 Å². The minimum absolute atomic E-state index is 0.564. The van der Waals surface area contributed by atoms with E-state index in [0.717, 1.165) is 60.5 Å². The Morgan fingerprint density at radius 1 is 0.479 bits per heavy atom. The molecule has 0 bridgehead atoms. The average Bonchev–Trinajstić information content (AvgIpc) is 3.70. The summed E-state index contributed by atoms with van der Waals surface area (Å²) < 4.78 is 8.72. The van der Waals surface area contributed by atoms with Gasteiger partial charge in [-0.3, -0.25) is 4.98 Å². The molecule has 10 aromatic rings. The van der Waals surface area contributed by atoms with E-state index in [2.05, 4.69) is 107 Å². The number of pyridine rings is 1. The number of fused-ring (bicyclic) bond motifs is 7. The van der Waals surface area contributed by atoms with Crippen molar-refractivity contribution in [1.82, 2.24) is 24.5 Å². The number of para-hydroxylation sites is 2. The Morgan fingerprint density at radius 3 is 1.94 bits per heavy atom. The van der Waals surface area contributed by atoms with Crippen LogP contribution in [0.1, 0.15) is 0 Å². The van der Waals surface area contributed by atoms with E-state index in [1.165, 1.54) is 10.8 Å². The van der Waals surface area contributed by atoms with Gasteiger partial charge in [0.1, 0.15) is 5.58 Å². The van der Waals surface area contributed by atoms with Crippen LogP contribution in [0.5, 0.6) is 0 Å². The lowest BCUT2D eigenvalue weighted by Gasteiger charge is -2.16. The summed E-state index contributed by atoms with van der Waals surface area (Å²) in [7, 11) is 0. The van der Waals surface area contributed by atoms with Crippen LogP contribution in [0.25, 0.3) is 94.4 Å². The molecule has 0 saturated heterocycles. The lowest BCUT2D eigenvalue weighted by Crippen LogP contribution is -2.04. The number of furan rings is 1. The van der Waals surface area contributed by atoms with Crippen molar-refractivity contribution in [3.05, 3.63) is 152 Å².